The maximum Gasteiger partial charge on any atom is 0.147 e. The molecule has 2 rings (SSSR count). The van der Waals surface area contributed by atoms with Crippen molar-refractivity contribution in [2.24, 2.45) is 0 Å². The van der Waals surface area contributed by atoms with Crippen LogP contribution in [0.15, 0.2) is 24.3 Å². The second-order valence-corrected chi connectivity index (χ2v) is 4.65. The Kier molecular flexibility index (Phi) is 4.43. The first-order valence-electron chi connectivity index (χ1n) is 6.39. The molecule has 2 aromatic rings. The molecule has 0 fully saturated rings. The lowest BCUT2D eigenvalue weighted by Crippen LogP contribution is -2.09. The van der Waals surface area contributed by atoms with Crippen molar-refractivity contribution in [3.63, 3.8) is 0 Å². The molecule has 1 aromatic carbocycles. The van der Waals surface area contributed by atoms with Gasteiger partial charge in [-0.2, -0.15) is 5.10 Å². The highest BCUT2D eigenvalue weighted by Gasteiger charge is 2.09. The van der Waals surface area contributed by atoms with Crippen LogP contribution in [0.1, 0.15) is 25.2 Å². The summed E-state index contributed by atoms with van der Waals surface area (Å²) < 4.78 is 15.6. The third kappa shape index (κ3) is 3.07. The molecule has 1 heterocycles. The molecule has 3 nitrogen and oxygen atoms in total. The molecule has 1 N–H and O–H groups in total. The Morgan fingerprint density at radius 2 is 2.16 bits per heavy atom. The summed E-state index contributed by atoms with van der Waals surface area (Å²) >= 11 is 5.98. The summed E-state index contributed by atoms with van der Waals surface area (Å²) in [6.45, 7) is 5.39. The van der Waals surface area contributed by atoms with Crippen LogP contribution in [0, 0.1) is 5.82 Å². The van der Waals surface area contributed by atoms with Gasteiger partial charge in [-0.25, -0.2) is 4.39 Å². The van der Waals surface area contributed by atoms with Gasteiger partial charge in [-0.3, -0.25) is 4.68 Å². The highest BCUT2D eigenvalue weighted by atomic mass is 35.5. The van der Waals surface area contributed by atoms with Gasteiger partial charge in [-0.1, -0.05) is 24.6 Å². The van der Waals surface area contributed by atoms with Gasteiger partial charge < -0.3 is 5.32 Å². The molecule has 0 amide bonds. The van der Waals surface area contributed by atoms with Gasteiger partial charge in [0.15, 0.2) is 0 Å². The van der Waals surface area contributed by atoms with Crippen molar-refractivity contribution in [3.8, 4) is 0 Å². The normalized spacial score (nSPS) is 10.7. The lowest BCUT2D eigenvalue weighted by molar-refractivity contribution is 0.614. The monoisotopic (exact) mass is 281 g/mol. The van der Waals surface area contributed by atoms with Crippen LogP contribution in [0.2, 0.25) is 5.02 Å². The zero-order valence-corrected chi connectivity index (χ0v) is 11.8. The van der Waals surface area contributed by atoms with E-state index in [1.807, 2.05) is 17.7 Å². The van der Waals surface area contributed by atoms with Gasteiger partial charge >= 0.3 is 0 Å². The van der Waals surface area contributed by atoms with Gasteiger partial charge in [0.25, 0.3) is 0 Å². The number of para-hydroxylation sites is 1. The first-order chi connectivity index (χ1) is 9.15. The molecular weight excluding hydrogens is 265 g/mol. The van der Waals surface area contributed by atoms with Crippen molar-refractivity contribution < 1.29 is 4.39 Å². The number of aromatic nitrogens is 2. The summed E-state index contributed by atoms with van der Waals surface area (Å²) in [4.78, 5) is 0. The molecule has 0 saturated heterocycles. The summed E-state index contributed by atoms with van der Waals surface area (Å²) in [7, 11) is 0. The average molecular weight is 282 g/mol. The van der Waals surface area contributed by atoms with Crippen LogP contribution in [0.5, 0.6) is 0 Å². The van der Waals surface area contributed by atoms with Gasteiger partial charge in [0.1, 0.15) is 5.82 Å². The fourth-order valence-electron chi connectivity index (χ4n) is 1.95. The summed E-state index contributed by atoms with van der Waals surface area (Å²) in [6.07, 6.45) is 0.889. The molecule has 5 heteroatoms. The second kappa shape index (κ2) is 6.06. The van der Waals surface area contributed by atoms with E-state index in [-0.39, 0.29) is 5.82 Å². The average Bonchev–Trinajstić information content (AvgIpc) is 2.80. The molecule has 0 saturated carbocycles. The predicted molar refractivity (Wildman–Crippen MR) is 76.0 cm³/mol. The van der Waals surface area contributed by atoms with Crippen LogP contribution < -0.4 is 5.32 Å². The topological polar surface area (TPSA) is 29.9 Å². The molecule has 0 aliphatic carbocycles. The van der Waals surface area contributed by atoms with E-state index in [1.54, 1.807) is 12.1 Å². The first-order valence-corrected chi connectivity index (χ1v) is 6.77. The van der Waals surface area contributed by atoms with Crippen molar-refractivity contribution in [1.82, 2.24) is 9.78 Å². The number of nitrogens with zero attached hydrogens (tertiary/aromatic N) is 2. The highest BCUT2D eigenvalue weighted by Crippen LogP contribution is 2.25. The Morgan fingerprint density at radius 3 is 2.79 bits per heavy atom. The van der Waals surface area contributed by atoms with Crippen molar-refractivity contribution in [3.05, 3.63) is 46.5 Å². The maximum atomic E-state index is 13.6. The standard InChI is InChI=1S/C14H17ClFN3/c1-3-10-8-11(19(4-2)18-10)9-17-14-12(15)6-5-7-13(14)16/h5-8,17H,3-4,9H2,1-2H3. The van der Waals surface area contributed by atoms with Crippen molar-refractivity contribution in [2.45, 2.75) is 33.4 Å². The number of rotatable bonds is 5. The van der Waals surface area contributed by atoms with Crippen molar-refractivity contribution >= 4 is 17.3 Å². The lowest BCUT2D eigenvalue weighted by Gasteiger charge is -2.10. The fourth-order valence-corrected chi connectivity index (χ4v) is 2.18. The van der Waals surface area contributed by atoms with E-state index in [1.165, 1.54) is 6.07 Å². The molecule has 0 unspecified atom stereocenters. The number of hydrogen-bond acceptors (Lipinski definition) is 2. The Labute approximate surface area is 117 Å². The number of nitrogens with one attached hydrogen (secondary N) is 1. The van der Waals surface area contributed by atoms with Gasteiger partial charge in [0.05, 0.1) is 28.6 Å². The van der Waals surface area contributed by atoms with E-state index in [4.69, 9.17) is 11.6 Å². The van der Waals surface area contributed by atoms with E-state index in [9.17, 15) is 4.39 Å². The third-order valence-corrected chi connectivity index (χ3v) is 3.30. The molecule has 0 aliphatic heterocycles. The number of benzene rings is 1. The Balaban J connectivity index is 2.16. The minimum atomic E-state index is -0.342. The Morgan fingerprint density at radius 1 is 1.37 bits per heavy atom. The summed E-state index contributed by atoms with van der Waals surface area (Å²) in [6, 6.07) is 6.68. The molecule has 0 spiro atoms. The molecule has 0 bridgehead atoms. The fraction of sp³-hybridized carbons (Fsp3) is 0.357. The smallest absolute Gasteiger partial charge is 0.147 e. The zero-order valence-electron chi connectivity index (χ0n) is 11.1. The SMILES string of the molecule is CCc1cc(CNc2c(F)cccc2Cl)n(CC)n1. The second-order valence-electron chi connectivity index (χ2n) is 4.25. The van der Waals surface area contributed by atoms with E-state index in [0.717, 1.165) is 24.4 Å². The zero-order chi connectivity index (χ0) is 13.8. The van der Waals surface area contributed by atoms with Crippen LogP contribution in [-0.2, 0) is 19.5 Å². The summed E-state index contributed by atoms with van der Waals surface area (Å²) in [5.41, 5.74) is 2.41. The number of hydrogen-bond donors (Lipinski definition) is 1. The van der Waals surface area contributed by atoms with Crippen molar-refractivity contribution in [2.75, 3.05) is 5.32 Å². The third-order valence-electron chi connectivity index (χ3n) is 2.98. The summed E-state index contributed by atoms with van der Waals surface area (Å²) in [5.74, 6) is -0.342. The van der Waals surface area contributed by atoms with Gasteiger partial charge in [-0.05, 0) is 31.5 Å². The van der Waals surface area contributed by atoms with Gasteiger partial charge in [-0.15, -0.1) is 0 Å². The van der Waals surface area contributed by atoms with Crippen LogP contribution >= 0.6 is 11.6 Å². The molecular formula is C14H17ClFN3. The van der Waals surface area contributed by atoms with Gasteiger partial charge in [0.2, 0.25) is 0 Å². The minimum absolute atomic E-state index is 0.339. The maximum absolute atomic E-state index is 13.6. The van der Waals surface area contributed by atoms with E-state index in [0.29, 0.717) is 17.3 Å². The van der Waals surface area contributed by atoms with Crippen LogP contribution in [0.25, 0.3) is 0 Å². The van der Waals surface area contributed by atoms with E-state index in [2.05, 4.69) is 17.3 Å². The largest absolute Gasteiger partial charge is 0.376 e. The Bertz CT molecular complexity index is 546. The molecule has 0 atom stereocenters. The van der Waals surface area contributed by atoms with Gasteiger partial charge in [0, 0.05) is 6.54 Å². The Hall–Kier alpha value is -1.55. The molecule has 19 heavy (non-hydrogen) atoms. The molecule has 0 radical (unpaired) electrons. The quantitative estimate of drug-likeness (QED) is 0.902. The summed E-state index contributed by atoms with van der Waals surface area (Å²) in [5, 5.41) is 7.88. The van der Waals surface area contributed by atoms with Crippen LogP contribution in [0.4, 0.5) is 10.1 Å². The van der Waals surface area contributed by atoms with E-state index >= 15 is 0 Å². The highest BCUT2D eigenvalue weighted by molar-refractivity contribution is 6.33. The predicted octanol–water partition coefficient (Wildman–Crippen LogP) is 3.87. The lowest BCUT2D eigenvalue weighted by atomic mass is 10.2. The molecule has 102 valence electrons. The number of aryl methyl sites for hydroxylation is 2. The number of halogens is 2. The molecule has 0 aliphatic rings. The van der Waals surface area contributed by atoms with Crippen molar-refractivity contribution in [1.29, 1.82) is 0 Å². The van der Waals surface area contributed by atoms with Crippen LogP contribution in [0.3, 0.4) is 0 Å². The minimum Gasteiger partial charge on any atom is -0.376 e. The van der Waals surface area contributed by atoms with E-state index < -0.39 is 0 Å². The molecule has 1 aromatic heterocycles. The first kappa shape index (κ1) is 13.9. The number of anilines is 1. The van der Waals surface area contributed by atoms with Crippen LogP contribution in [-0.4, -0.2) is 9.78 Å².